The maximum atomic E-state index is 14.7. The molecular weight excluding hydrogens is 543 g/mol. The zero-order valence-corrected chi connectivity index (χ0v) is 19.2. The molecule has 1 unspecified atom stereocenters. The van der Waals surface area contributed by atoms with E-state index in [9.17, 15) is 13.6 Å². The lowest BCUT2D eigenvalue weighted by Crippen LogP contribution is -2.38. The van der Waals surface area contributed by atoms with E-state index >= 15 is 0 Å². The number of alkyl halides is 1. The van der Waals surface area contributed by atoms with Gasteiger partial charge in [0, 0.05) is 16.7 Å². The lowest BCUT2D eigenvalue weighted by atomic mass is 9.98. The predicted octanol–water partition coefficient (Wildman–Crippen LogP) is 4.74. The first-order valence-corrected chi connectivity index (χ1v) is 11.0. The summed E-state index contributed by atoms with van der Waals surface area (Å²) in [5, 5.41) is 2.81. The topological polar surface area (TPSA) is 44.7 Å². The van der Waals surface area contributed by atoms with Crippen LogP contribution in [0.15, 0.2) is 45.1 Å². The van der Waals surface area contributed by atoms with Crippen LogP contribution in [0, 0.1) is 10.5 Å². The van der Waals surface area contributed by atoms with Crippen molar-refractivity contribution in [1.82, 2.24) is 10.2 Å². The van der Waals surface area contributed by atoms with Crippen molar-refractivity contribution >= 4 is 55.8 Å². The van der Waals surface area contributed by atoms with Gasteiger partial charge in [-0.25, -0.2) is 13.8 Å². The van der Waals surface area contributed by atoms with Gasteiger partial charge in [-0.15, -0.1) is 0 Å². The number of carbonyl (C=O) groups is 1. The fraction of sp³-hybridized carbons (Fsp3) is 0.400. The molecular formula is C20H21BrF2IN3O. The Bertz CT molecular complexity index is 863. The van der Waals surface area contributed by atoms with Gasteiger partial charge in [0.25, 0.3) is 5.91 Å². The molecule has 0 radical (unpaired) electrons. The Morgan fingerprint density at radius 3 is 2.79 bits per heavy atom. The van der Waals surface area contributed by atoms with E-state index in [4.69, 9.17) is 0 Å². The van der Waals surface area contributed by atoms with E-state index in [-0.39, 0.29) is 15.8 Å². The fourth-order valence-corrected chi connectivity index (χ4v) is 4.33. The van der Waals surface area contributed by atoms with Crippen LogP contribution in [0.1, 0.15) is 18.4 Å². The van der Waals surface area contributed by atoms with E-state index < -0.39 is 17.9 Å². The van der Waals surface area contributed by atoms with Crippen LogP contribution >= 0.6 is 38.5 Å². The van der Waals surface area contributed by atoms with Crippen molar-refractivity contribution in [1.29, 1.82) is 0 Å². The number of rotatable bonds is 5. The van der Waals surface area contributed by atoms with E-state index in [1.807, 2.05) is 19.1 Å². The van der Waals surface area contributed by atoms with E-state index in [1.54, 1.807) is 6.07 Å². The highest BCUT2D eigenvalue weighted by atomic mass is 127. The van der Waals surface area contributed by atoms with Crippen LogP contribution in [0.5, 0.6) is 0 Å². The zero-order valence-electron chi connectivity index (χ0n) is 15.4. The average Bonchev–Trinajstić information content (AvgIpc) is 3.17. The number of benzene rings is 1. The van der Waals surface area contributed by atoms with Crippen LogP contribution in [0.2, 0.25) is 0 Å². The molecule has 0 bridgehead atoms. The third-order valence-electron chi connectivity index (χ3n) is 4.79. The van der Waals surface area contributed by atoms with Crippen molar-refractivity contribution in [2.24, 2.45) is 4.99 Å². The van der Waals surface area contributed by atoms with Gasteiger partial charge in [0.05, 0.1) is 21.5 Å². The molecule has 0 aromatic heterocycles. The first-order chi connectivity index (χ1) is 13.4. The molecule has 0 spiro atoms. The summed E-state index contributed by atoms with van der Waals surface area (Å²) in [4.78, 5) is 19.3. The molecule has 1 amide bonds. The maximum absolute atomic E-state index is 14.7. The van der Waals surface area contributed by atoms with Crippen molar-refractivity contribution < 1.29 is 13.6 Å². The van der Waals surface area contributed by atoms with Gasteiger partial charge in [0.15, 0.2) is 12.0 Å². The highest BCUT2D eigenvalue weighted by Gasteiger charge is 2.33. The highest BCUT2D eigenvalue weighted by molar-refractivity contribution is 14.1. The number of nitrogens with zero attached hydrogens (tertiary/aromatic N) is 2. The Morgan fingerprint density at radius 1 is 1.39 bits per heavy atom. The van der Waals surface area contributed by atoms with Crippen molar-refractivity contribution in [3.63, 3.8) is 0 Å². The second-order valence-corrected chi connectivity index (χ2v) is 8.95. The summed E-state index contributed by atoms with van der Waals surface area (Å²) in [5.74, 6) is -1.43. The zero-order chi connectivity index (χ0) is 20.3. The molecule has 1 aromatic carbocycles. The molecule has 8 heteroatoms. The van der Waals surface area contributed by atoms with Gasteiger partial charge >= 0.3 is 0 Å². The number of likely N-dealkylation sites (tertiary alicyclic amines) is 1. The first kappa shape index (κ1) is 21.6. The summed E-state index contributed by atoms with van der Waals surface area (Å²) < 4.78 is 29.9. The molecule has 1 heterocycles. The summed E-state index contributed by atoms with van der Waals surface area (Å²) in [6, 6.07) is 5.48. The van der Waals surface area contributed by atoms with Crippen LogP contribution in [0.4, 0.5) is 14.5 Å². The Balaban J connectivity index is 1.83. The molecule has 1 saturated heterocycles. The van der Waals surface area contributed by atoms with Gasteiger partial charge < -0.3 is 10.2 Å². The fourth-order valence-electron chi connectivity index (χ4n) is 3.25. The number of carbonyl (C=O) groups excluding carboxylic acids is 1. The monoisotopic (exact) mass is 563 g/mol. The van der Waals surface area contributed by atoms with Gasteiger partial charge in [-0.05, 0) is 101 Å². The van der Waals surface area contributed by atoms with Crippen LogP contribution < -0.4 is 5.32 Å². The molecule has 1 atom stereocenters. The standard InChI is InChI=1S/C20H21BrF2IN3O/c1-12-10-13(24)4-5-16(12)26-19-14(11-15(21)17(22)18(19)23)20(28)25-6-9-27-7-2-3-8-27/h4-5,10-11,18H,2-3,6-9H2,1H3,(H,25,28). The number of aryl methyl sites for hydroxylation is 1. The van der Waals surface area contributed by atoms with Crippen molar-refractivity contribution in [2.45, 2.75) is 25.9 Å². The molecule has 28 heavy (non-hydrogen) atoms. The minimum absolute atomic E-state index is 0.0418. The van der Waals surface area contributed by atoms with Gasteiger partial charge in [0.1, 0.15) is 0 Å². The lowest BCUT2D eigenvalue weighted by molar-refractivity contribution is -0.117. The van der Waals surface area contributed by atoms with Crippen LogP contribution in [0.3, 0.4) is 0 Å². The Hall–Kier alpha value is -1.13. The number of hydrogen-bond acceptors (Lipinski definition) is 3. The quantitative estimate of drug-likeness (QED) is 0.526. The number of halogens is 4. The Kier molecular flexibility index (Phi) is 7.38. The largest absolute Gasteiger partial charge is 0.351 e. The average molecular weight is 564 g/mol. The number of amides is 1. The SMILES string of the molecule is Cc1cc(I)ccc1N=C1C(C(=O)NCCN2CCCC2)=CC(Br)=C(F)C1F. The van der Waals surface area contributed by atoms with Crippen molar-refractivity contribution in [2.75, 3.05) is 26.2 Å². The second kappa shape index (κ2) is 9.58. The van der Waals surface area contributed by atoms with E-state index in [2.05, 4.69) is 53.7 Å². The number of hydrogen-bond donors (Lipinski definition) is 1. The maximum Gasteiger partial charge on any atom is 0.253 e. The molecule has 1 fully saturated rings. The molecule has 1 aliphatic carbocycles. The third-order valence-corrected chi connectivity index (χ3v) is 6.07. The molecule has 1 N–H and O–H groups in total. The molecule has 1 aliphatic heterocycles. The van der Waals surface area contributed by atoms with Gasteiger partial charge in [-0.1, -0.05) is 0 Å². The summed E-state index contributed by atoms with van der Waals surface area (Å²) >= 11 is 5.18. The molecule has 3 rings (SSSR count). The molecule has 0 saturated carbocycles. The molecule has 2 aliphatic rings. The van der Waals surface area contributed by atoms with E-state index in [1.165, 1.54) is 18.9 Å². The minimum Gasteiger partial charge on any atom is -0.351 e. The van der Waals surface area contributed by atoms with E-state index in [0.29, 0.717) is 12.2 Å². The Labute approximate surface area is 185 Å². The molecule has 150 valence electrons. The lowest BCUT2D eigenvalue weighted by Gasteiger charge is -2.20. The van der Waals surface area contributed by atoms with Crippen molar-refractivity contribution in [3.8, 4) is 0 Å². The normalized spacial score (nSPS) is 22.0. The smallest absolute Gasteiger partial charge is 0.253 e. The number of nitrogens with one attached hydrogen (secondary N) is 1. The first-order valence-electron chi connectivity index (χ1n) is 9.13. The summed E-state index contributed by atoms with van der Waals surface area (Å²) in [5.41, 5.74) is 1.18. The summed E-state index contributed by atoms with van der Waals surface area (Å²) in [6.45, 7) is 5.10. The summed E-state index contributed by atoms with van der Waals surface area (Å²) in [6.07, 6.45) is 1.56. The third kappa shape index (κ3) is 5.07. The van der Waals surface area contributed by atoms with Gasteiger partial charge in [0.2, 0.25) is 0 Å². The van der Waals surface area contributed by atoms with Crippen LogP contribution in [-0.2, 0) is 4.79 Å². The minimum atomic E-state index is -2.09. The van der Waals surface area contributed by atoms with E-state index in [0.717, 1.165) is 28.8 Å². The van der Waals surface area contributed by atoms with Crippen LogP contribution in [-0.4, -0.2) is 48.9 Å². The number of aliphatic imine (C=N–C) groups is 1. The van der Waals surface area contributed by atoms with Gasteiger partial charge in [-0.2, -0.15) is 0 Å². The van der Waals surface area contributed by atoms with Gasteiger partial charge in [-0.3, -0.25) is 4.79 Å². The summed E-state index contributed by atoms with van der Waals surface area (Å²) in [7, 11) is 0. The predicted molar refractivity (Wildman–Crippen MR) is 120 cm³/mol. The second-order valence-electron chi connectivity index (χ2n) is 6.85. The molecule has 4 nitrogen and oxygen atoms in total. The highest BCUT2D eigenvalue weighted by Crippen LogP contribution is 2.32. The van der Waals surface area contributed by atoms with Crippen LogP contribution in [0.25, 0.3) is 0 Å². The number of allylic oxidation sites excluding steroid dienone is 3. The molecule has 1 aromatic rings. The van der Waals surface area contributed by atoms with Crippen molar-refractivity contribution in [3.05, 3.63) is 49.3 Å². The Morgan fingerprint density at radius 2 is 2.11 bits per heavy atom.